The molecule has 1 rings (SSSR count). The van der Waals surface area contributed by atoms with Crippen LogP contribution >= 0.6 is 0 Å². The van der Waals surface area contributed by atoms with E-state index in [9.17, 15) is 32.7 Å². The fourth-order valence-corrected chi connectivity index (χ4v) is 2.54. The number of rotatable bonds is 12. The minimum Gasteiger partial charge on any atom is -0.423 e. The van der Waals surface area contributed by atoms with Crippen molar-refractivity contribution in [1.29, 1.82) is 0 Å². The van der Waals surface area contributed by atoms with E-state index in [0.717, 1.165) is 6.07 Å². The van der Waals surface area contributed by atoms with Gasteiger partial charge in [-0.1, -0.05) is 6.07 Å². The van der Waals surface area contributed by atoms with Gasteiger partial charge in [0.05, 0.1) is 18.2 Å². The van der Waals surface area contributed by atoms with Crippen LogP contribution < -0.4 is 38.6 Å². The maximum absolute atomic E-state index is 13.0. The third kappa shape index (κ3) is 9.62. The molecular weight excluding hydrogens is 464 g/mol. The molecule has 0 aliphatic heterocycles. The molecular formula is C18H28BF3N6O6. The van der Waals surface area contributed by atoms with Crippen LogP contribution in [0.25, 0.3) is 0 Å². The second-order valence-corrected chi connectivity index (χ2v) is 7.54. The Hall–Kier alpha value is -2.76. The predicted octanol–water partition coefficient (Wildman–Crippen LogP) is -3.69. The molecule has 0 saturated heterocycles. The lowest BCUT2D eigenvalue weighted by Crippen LogP contribution is -2.53. The number of nitrogens with two attached hydrogens (primary N) is 3. The summed E-state index contributed by atoms with van der Waals surface area (Å²) in [5, 5.41) is 34.9. The molecule has 1 atom stereocenters. The summed E-state index contributed by atoms with van der Waals surface area (Å²) in [5.41, 5.74) is 12.8. The molecule has 0 aliphatic carbocycles. The number of carbonyl (C=O) groups excluding carboxylic acids is 3. The van der Waals surface area contributed by atoms with Gasteiger partial charge in [0.2, 0.25) is 17.7 Å². The Morgan fingerprint density at radius 1 is 1.03 bits per heavy atom. The van der Waals surface area contributed by atoms with Crippen molar-refractivity contribution in [2.24, 2.45) is 17.2 Å². The number of carbonyl (C=O) groups is 3. The number of hydrogen-bond acceptors (Lipinski definition) is 9. The highest BCUT2D eigenvalue weighted by molar-refractivity contribution is 6.58. The van der Waals surface area contributed by atoms with Gasteiger partial charge in [0, 0.05) is 31.7 Å². The van der Waals surface area contributed by atoms with Gasteiger partial charge in [-0.25, -0.2) is 0 Å². The lowest BCUT2D eigenvalue weighted by atomic mass is 9.79. The van der Waals surface area contributed by atoms with E-state index in [1.807, 2.05) is 0 Å². The quantitative estimate of drug-likeness (QED) is 0.131. The molecule has 0 aromatic heterocycles. The first-order chi connectivity index (χ1) is 15.7. The Morgan fingerprint density at radius 3 is 2.18 bits per heavy atom. The minimum absolute atomic E-state index is 0.103. The number of anilines is 1. The van der Waals surface area contributed by atoms with Crippen LogP contribution in [-0.2, 0) is 20.6 Å². The second kappa shape index (κ2) is 12.6. The third-order valence-electron chi connectivity index (χ3n) is 4.68. The van der Waals surface area contributed by atoms with Crippen LogP contribution in [0.5, 0.6) is 0 Å². The molecule has 190 valence electrons. The molecule has 1 unspecified atom stereocenters. The second-order valence-electron chi connectivity index (χ2n) is 7.54. The summed E-state index contributed by atoms with van der Waals surface area (Å²) >= 11 is 0. The van der Waals surface area contributed by atoms with Gasteiger partial charge in [-0.3, -0.25) is 14.4 Å². The summed E-state index contributed by atoms with van der Waals surface area (Å²) < 4.78 is 38.9. The normalized spacial score (nSPS) is 12.6. The summed E-state index contributed by atoms with van der Waals surface area (Å²) in [6, 6.07) is 0.863. The number of hydrogen-bond donors (Lipinski definition) is 9. The molecule has 0 fully saturated rings. The molecule has 0 heterocycles. The highest BCUT2D eigenvalue weighted by Crippen LogP contribution is 2.30. The molecule has 1 aromatic carbocycles. The van der Waals surface area contributed by atoms with Crippen LogP contribution in [0.2, 0.25) is 0 Å². The van der Waals surface area contributed by atoms with E-state index in [1.165, 1.54) is 0 Å². The Labute approximate surface area is 193 Å². The fraction of sp³-hybridized carbons (Fsp3) is 0.500. The van der Waals surface area contributed by atoms with Crippen molar-refractivity contribution in [3.05, 3.63) is 23.8 Å². The van der Waals surface area contributed by atoms with E-state index in [-0.39, 0.29) is 38.2 Å². The third-order valence-corrected chi connectivity index (χ3v) is 4.68. The first kappa shape index (κ1) is 29.3. The van der Waals surface area contributed by atoms with Crippen molar-refractivity contribution in [2.75, 3.05) is 31.5 Å². The lowest BCUT2D eigenvalue weighted by Gasteiger charge is -2.24. The van der Waals surface area contributed by atoms with E-state index in [0.29, 0.717) is 12.1 Å². The monoisotopic (exact) mass is 492 g/mol. The predicted molar refractivity (Wildman–Crippen MR) is 116 cm³/mol. The molecule has 0 saturated carbocycles. The number of benzene rings is 1. The fourth-order valence-electron chi connectivity index (χ4n) is 2.54. The van der Waals surface area contributed by atoms with Crippen LogP contribution in [0.1, 0.15) is 18.4 Å². The zero-order chi connectivity index (χ0) is 26.1. The highest BCUT2D eigenvalue weighted by Gasteiger charge is 2.32. The maximum Gasteiger partial charge on any atom is 0.488 e. The molecule has 0 bridgehead atoms. The van der Waals surface area contributed by atoms with Crippen LogP contribution in [0.3, 0.4) is 0 Å². The molecule has 34 heavy (non-hydrogen) atoms. The van der Waals surface area contributed by atoms with Gasteiger partial charge in [0.15, 0.2) is 0 Å². The first-order valence-electron chi connectivity index (χ1n) is 10.0. The lowest BCUT2D eigenvalue weighted by molar-refractivity contribution is -0.137. The average Bonchev–Trinajstić information content (AvgIpc) is 2.78. The first-order valence-corrected chi connectivity index (χ1v) is 10.0. The number of amides is 3. The molecule has 0 radical (unpaired) electrons. The Balaban J connectivity index is 2.56. The Kier molecular flexibility index (Phi) is 10.9. The van der Waals surface area contributed by atoms with Crippen molar-refractivity contribution in [3.8, 4) is 0 Å². The maximum atomic E-state index is 13.0. The van der Waals surface area contributed by atoms with Crippen LogP contribution in [0, 0.1) is 0 Å². The summed E-state index contributed by atoms with van der Waals surface area (Å²) in [5.74, 6) is -2.22. The smallest absolute Gasteiger partial charge is 0.423 e. The molecule has 0 spiro atoms. The summed E-state index contributed by atoms with van der Waals surface area (Å²) in [6.45, 7) is -1.18. The van der Waals surface area contributed by atoms with Gasteiger partial charge in [-0.05, 0) is 24.0 Å². The molecule has 1 aromatic rings. The van der Waals surface area contributed by atoms with E-state index >= 15 is 0 Å². The van der Waals surface area contributed by atoms with Crippen molar-refractivity contribution in [2.45, 2.75) is 30.7 Å². The van der Waals surface area contributed by atoms with Crippen molar-refractivity contribution < 1.29 is 42.7 Å². The van der Waals surface area contributed by atoms with Gasteiger partial charge >= 0.3 is 13.3 Å². The van der Waals surface area contributed by atoms with Gasteiger partial charge in [0.1, 0.15) is 5.60 Å². The van der Waals surface area contributed by atoms with Crippen molar-refractivity contribution >= 4 is 36.0 Å². The average molecular weight is 492 g/mol. The summed E-state index contributed by atoms with van der Waals surface area (Å²) in [6.07, 6.45) is -5.08. The van der Waals surface area contributed by atoms with E-state index in [1.54, 1.807) is 0 Å². The number of nitrogens with one attached hydrogen (secondary N) is 3. The number of halogens is 3. The molecule has 16 heteroatoms. The van der Waals surface area contributed by atoms with E-state index in [2.05, 4.69) is 16.0 Å². The molecule has 12 N–H and O–H groups in total. The van der Waals surface area contributed by atoms with Crippen LogP contribution in [-0.4, -0.2) is 77.8 Å². The van der Waals surface area contributed by atoms with Crippen molar-refractivity contribution in [3.63, 3.8) is 0 Å². The molecule has 0 aliphatic rings. The van der Waals surface area contributed by atoms with E-state index < -0.39 is 60.2 Å². The van der Waals surface area contributed by atoms with Crippen LogP contribution in [0.4, 0.5) is 18.9 Å². The number of aliphatic hydroxyl groups is 1. The zero-order valence-corrected chi connectivity index (χ0v) is 18.1. The minimum atomic E-state index is -4.80. The van der Waals surface area contributed by atoms with Gasteiger partial charge in [-0.2, -0.15) is 13.2 Å². The molecule has 12 nitrogen and oxygen atoms in total. The number of alkyl halides is 3. The van der Waals surface area contributed by atoms with Gasteiger partial charge < -0.3 is 48.3 Å². The summed E-state index contributed by atoms with van der Waals surface area (Å²) in [7, 11) is -2.20. The van der Waals surface area contributed by atoms with Crippen LogP contribution in [0.15, 0.2) is 18.2 Å². The zero-order valence-electron chi connectivity index (χ0n) is 18.1. The van der Waals surface area contributed by atoms with E-state index in [4.69, 9.17) is 27.2 Å². The standard InChI is InChI=1S/C18H28BF3N6O6/c20-18(21,22)10-3-11(19(33)34)5-12(4-10)28-15(30)6-26-16(31)13(25)1-2-14(29)27-9-17(32,7-23)8-24/h3-5,13,32-34H,1-2,6-9,23-25H2,(H,26,31)(H,27,29)(H,28,30). The van der Waals surface area contributed by atoms with Gasteiger partial charge in [0.25, 0.3) is 0 Å². The van der Waals surface area contributed by atoms with Crippen molar-refractivity contribution in [1.82, 2.24) is 10.6 Å². The van der Waals surface area contributed by atoms with Gasteiger partial charge in [-0.15, -0.1) is 0 Å². The largest absolute Gasteiger partial charge is 0.488 e. The SMILES string of the molecule is NCC(O)(CN)CNC(=O)CCC(N)C(=O)NCC(=O)Nc1cc(B(O)O)cc(C(F)(F)F)c1. The Bertz CT molecular complexity index is 869. The summed E-state index contributed by atoms with van der Waals surface area (Å²) in [4.78, 5) is 35.8. The highest BCUT2D eigenvalue weighted by atomic mass is 19.4. The Morgan fingerprint density at radius 2 is 1.65 bits per heavy atom. The molecule has 3 amide bonds. The topological polar surface area (TPSA) is 226 Å².